The Labute approximate surface area is 203 Å². The molecule has 4 heteroatoms. The van der Waals surface area contributed by atoms with Gasteiger partial charge in [0.1, 0.15) is 6.61 Å². The molecule has 0 unspecified atom stereocenters. The van der Waals surface area contributed by atoms with Gasteiger partial charge in [0.15, 0.2) is 0 Å². The molecule has 0 aliphatic heterocycles. The third-order valence-corrected chi connectivity index (χ3v) is 6.01. The fourth-order valence-electron chi connectivity index (χ4n) is 4.18. The molecule has 5 aromatic carbocycles. The van der Waals surface area contributed by atoms with Crippen LogP contribution in [0.25, 0.3) is 21.5 Å². The van der Waals surface area contributed by atoms with Crippen LogP contribution in [0.15, 0.2) is 115 Å². The Morgan fingerprint density at radius 1 is 0.657 bits per heavy atom. The number of ether oxygens (including phenoxy) is 2. The zero-order valence-corrected chi connectivity index (χ0v) is 19.1. The molecule has 5 aromatic rings. The maximum atomic E-state index is 13.1. The Hall–Kier alpha value is -4.44. The lowest BCUT2D eigenvalue weighted by Crippen LogP contribution is -2.31. The van der Waals surface area contributed by atoms with Gasteiger partial charge in [0, 0.05) is 6.42 Å². The molecule has 0 spiro atoms. The van der Waals surface area contributed by atoms with Gasteiger partial charge in [0.2, 0.25) is 6.10 Å². The number of esters is 2. The zero-order chi connectivity index (χ0) is 24.0. The summed E-state index contributed by atoms with van der Waals surface area (Å²) in [5, 5.41) is 4.03. The van der Waals surface area contributed by atoms with E-state index in [-0.39, 0.29) is 13.0 Å². The quantitative estimate of drug-likeness (QED) is 0.260. The summed E-state index contributed by atoms with van der Waals surface area (Å²) in [4.78, 5) is 26.2. The van der Waals surface area contributed by atoms with Crippen molar-refractivity contribution in [1.29, 1.82) is 0 Å². The van der Waals surface area contributed by atoms with Crippen molar-refractivity contribution in [2.24, 2.45) is 0 Å². The van der Waals surface area contributed by atoms with Crippen molar-refractivity contribution in [2.45, 2.75) is 19.1 Å². The van der Waals surface area contributed by atoms with E-state index in [9.17, 15) is 9.59 Å². The monoisotopic (exact) mass is 460 g/mol. The number of fused-ring (bicyclic) bond motifs is 2. The van der Waals surface area contributed by atoms with Crippen molar-refractivity contribution in [2.75, 3.05) is 0 Å². The molecule has 0 saturated carbocycles. The lowest BCUT2D eigenvalue weighted by molar-refractivity contribution is -0.155. The van der Waals surface area contributed by atoms with E-state index in [4.69, 9.17) is 9.47 Å². The van der Waals surface area contributed by atoms with Crippen LogP contribution in [0.2, 0.25) is 0 Å². The summed E-state index contributed by atoms with van der Waals surface area (Å²) in [6.45, 7) is 0.110. The number of rotatable bonds is 7. The van der Waals surface area contributed by atoms with E-state index in [0.717, 1.165) is 32.7 Å². The maximum absolute atomic E-state index is 13.1. The van der Waals surface area contributed by atoms with Crippen LogP contribution in [0.1, 0.15) is 21.5 Å². The first-order valence-corrected chi connectivity index (χ1v) is 11.5. The second-order valence-corrected chi connectivity index (χ2v) is 8.39. The first kappa shape index (κ1) is 22.4. The molecular formula is C31H24O4. The molecule has 172 valence electrons. The molecule has 4 nitrogen and oxygen atoms in total. The second kappa shape index (κ2) is 10.2. The largest absolute Gasteiger partial charge is 0.458 e. The Bertz CT molecular complexity index is 1490. The minimum absolute atomic E-state index is 0.110. The van der Waals surface area contributed by atoms with Gasteiger partial charge in [-0.15, -0.1) is 0 Å². The summed E-state index contributed by atoms with van der Waals surface area (Å²) >= 11 is 0. The topological polar surface area (TPSA) is 52.6 Å². The number of hydrogen-bond donors (Lipinski definition) is 0. The van der Waals surface area contributed by atoms with E-state index in [0.29, 0.717) is 5.56 Å². The van der Waals surface area contributed by atoms with E-state index >= 15 is 0 Å². The van der Waals surface area contributed by atoms with Crippen molar-refractivity contribution < 1.29 is 19.1 Å². The molecule has 1 atom stereocenters. The van der Waals surface area contributed by atoms with Gasteiger partial charge in [-0.25, -0.2) is 9.59 Å². The molecule has 0 fully saturated rings. The molecule has 0 bridgehead atoms. The minimum Gasteiger partial charge on any atom is -0.458 e. The number of benzene rings is 5. The molecule has 0 aromatic heterocycles. The molecule has 0 amide bonds. The highest BCUT2D eigenvalue weighted by Crippen LogP contribution is 2.22. The van der Waals surface area contributed by atoms with Crippen molar-refractivity contribution in [3.8, 4) is 0 Å². The highest BCUT2D eigenvalue weighted by molar-refractivity contribution is 5.96. The molecule has 0 aliphatic rings. The van der Waals surface area contributed by atoms with Gasteiger partial charge >= 0.3 is 11.9 Å². The van der Waals surface area contributed by atoms with E-state index < -0.39 is 18.0 Å². The number of hydrogen-bond acceptors (Lipinski definition) is 4. The normalized spacial score (nSPS) is 11.8. The lowest BCUT2D eigenvalue weighted by atomic mass is 9.99. The summed E-state index contributed by atoms with van der Waals surface area (Å²) in [5.41, 5.74) is 2.17. The summed E-state index contributed by atoms with van der Waals surface area (Å²) < 4.78 is 11.3. The van der Waals surface area contributed by atoms with Gasteiger partial charge < -0.3 is 9.47 Å². The van der Waals surface area contributed by atoms with E-state index in [1.165, 1.54) is 0 Å². The minimum atomic E-state index is -1.08. The van der Waals surface area contributed by atoms with Crippen LogP contribution in [-0.4, -0.2) is 18.0 Å². The van der Waals surface area contributed by atoms with Crippen LogP contribution in [0.5, 0.6) is 0 Å². The Balaban J connectivity index is 1.41. The molecule has 0 radical (unpaired) electrons. The number of carbonyl (C=O) groups excluding carboxylic acids is 2. The summed E-state index contributed by atoms with van der Waals surface area (Å²) in [5.74, 6) is -1.13. The van der Waals surface area contributed by atoms with Gasteiger partial charge in [0.05, 0.1) is 5.56 Å². The van der Waals surface area contributed by atoms with Crippen LogP contribution < -0.4 is 0 Å². The molecule has 0 aliphatic carbocycles. The third kappa shape index (κ3) is 5.22. The average molecular weight is 461 g/mol. The van der Waals surface area contributed by atoms with Crippen LogP contribution >= 0.6 is 0 Å². The molecule has 0 heterocycles. The van der Waals surface area contributed by atoms with Crippen LogP contribution in [0.3, 0.4) is 0 Å². The molecule has 0 saturated heterocycles. The van der Waals surface area contributed by atoms with Gasteiger partial charge in [-0.2, -0.15) is 0 Å². The standard InChI is InChI=1S/C31H24O4/c32-30(27-18-17-23-11-4-5-13-25(23)19-27)35-29(31(33)34-21-22-9-2-1-3-10-22)20-26-15-8-14-24-12-6-7-16-28(24)26/h1-19,29H,20-21H2/t29-/m1/s1. The van der Waals surface area contributed by atoms with Crippen molar-refractivity contribution in [3.05, 3.63) is 132 Å². The fraction of sp³-hybridized carbons (Fsp3) is 0.0968. The fourth-order valence-corrected chi connectivity index (χ4v) is 4.18. The van der Waals surface area contributed by atoms with Gasteiger partial charge in [0.25, 0.3) is 0 Å². The SMILES string of the molecule is O=C(O[C@H](Cc1cccc2ccccc12)C(=O)OCc1ccccc1)c1ccc2ccccc2c1. The third-order valence-electron chi connectivity index (χ3n) is 6.01. The van der Waals surface area contributed by atoms with Crippen LogP contribution in [-0.2, 0) is 27.3 Å². The predicted molar refractivity (Wildman–Crippen MR) is 137 cm³/mol. The average Bonchev–Trinajstić information content (AvgIpc) is 2.91. The Morgan fingerprint density at radius 3 is 2.17 bits per heavy atom. The smallest absolute Gasteiger partial charge is 0.348 e. The summed E-state index contributed by atoms with van der Waals surface area (Å²) in [7, 11) is 0. The maximum Gasteiger partial charge on any atom is 0.348 e. The highest BCUT2D eigenvalue weighted by atomic mass is 16.6. The molecule has 35 heavy (non-hydrogen) atoms. The Morgan fingerprint density at radius 2 is 1.34 bits per heavy atom. The van der Waals surface area contributed by atoms with Crippen LogP contribution in [0.4, 0.5) is 0 Å². The molecule has 5 rings (SSSR count). The zero-order valence-electron chi connectivity index (χ0n) is 19.1. The molecular weight excluding hydrogens is 436 g/mol. The van der Waals surface area contributed by atoms with E-state index in [1.54, 1.807) is 12.1 Å². The predicted octanol–water partition coefficient (Wildman–Crippen LogP) is 6.50. The molecule has 0 N–H and O–H groups in total. The first-order valence-electron chi connectivity index (χ1n) is 11.5. The lowest BCUT2D eigenvalue weighted by Gasteiger charge is -2.18. The summed E-state index contributed by atoms with van der Waals surface area (Å²) in [6.07, 6.45) is -0.864. The van der Waals surface area contributed by atoms with Gasteiger partial charge in [-0.05, 0) is 44.8 Å². The van der Waals surface area contributed by atoms with Crippen molar-refractivity contribution in [3.63, 3.8) is 0 Å². The Kier molecular flexibility index (Phi) is 6.53. The van der Waals surface area contributed by atoms with Gasteiger partial charge in [-0.1, -0.05) is 103 Å². The van der Waals surface area contributed by atoms with Gasteiger partial charge in [-0.3, -0.25) is 0 Å². The first-order chi connectivity index (χ1) is 17.2. The van der Waals surface area contributed by atoms with Crippen LogP contribution in [0, 0.1) is 0 Å². The van der Waals surface area contributed by atoms with Crippen molar-refractivity contribution in [1.82, 2.24) is 0 Å². The summed E-state index contributed by atoms with van der Waals surface area (Å²) in [6, 6.07) is 36.4. The highest BCUT2D eigenvalue weighted by Gasteiger charge is 2.26. The second-order valence-electron chi connectivity index (χ2n) is 8.39. The van der Waals surface area contributed by atoms with E-state index in [1.807, 2.05) is 103 Å². The van der Waals surface area contributed by atoms with Crippen molar-refractivity contribution >= 4 is 33.5 Å². The van der Waals surface area contributed by atoms with E-state index in [2.05, 4.69) is 0 Å². The number of carbonyl (C=O) groups is 2.